The number of hydrogen-bond acceptors (Lipinski definition) is 5. The largest absolute Gasteiger partial charge is 0.505 e. The highest BCUT2D eigenvalue weighted by atomic mass is 16.5. The molecule has 2 aromatic carbocycles. The second-order valence-electron chi connectivity index (χ2n) is 8.07. The van der Waals surface area contributed by atoms with Crippen LogP contribution in [0, 0.1) is 0 Å². The molecule has 0 amide bonds. The van der Waals surface area contributed by atoms with E-state index < -0.39 is 22.8 Å². The van der Waals surface area contributed by atoms with E-state index in [4.69, 9.17) is 4.74 Å². The second-order valence-corrected chi connectivity index (χ2v) is 8.07. The number of ether oxygens (including phenoxy) is 1. The first-order valence-corrected chi connectivity index (χ1v) is 9.88. The summed E-state index contributed by atoms with van der Waals surface area (Å²) in [4.78, 5) is 25.4. The van der Waals surface area contributed by atoms with E-state index in [1.807, 2.05) is 30.3 Å². The van der Waals surface area contributed by atoms with Gasteiger partial charge in [0.15, 0.2) is 11.3 Å². The van der Waals surface area contributed by atoms with E-state index >= 15 is 0 Å². The summed E-state index contributed by atoms with van der Waals surface area (Å²) in [5.41, 5.74) is 1.71. The zero-order valence-electron chi connectivity index (χ0n) is 17.7. The Hall–Kier alpha value is -3.41. The highest BCUT2D eigenvalue weighted by Crippen LogP contribution is 2.29. The summed E-state index contributed by atoms with van der Waals surface area (Å²) in [7, 11) is 0. The van der Waals surface area contributed by atoms with Gasteiger partial charge in [-0.05, 0) is 23.5 Å². The molecule has 0 radical (unpaired) electrons. The highest BCUT2D eigenvalue weighted by Gasteiger charge is 2.25. The van der Waals surface area contributed by atoms with Crippen LogP contribution in [0.15, 0.2) is 59.4 Å². The number of aromatic hydroxyl groups is 1. The minimum Gasteiger partial charge on any atom is -0.505 e. The molecule has 30 heavy (non-hydrogen) atoms. The van der Waals surface area contributed by atoms with E-state index in [1.54, 1.807) is 31.2 Å². The summed E-state index contributed by atoms with van der Waals surface area (Å²) < 4.78 is 6.19. The molecule has 156 valence electrons. The average Bonchev–Trinajstić information content (AvgIpc) is 2.71. The van der Waals surface area contributed by atoms with E-state index in [1.165, 1.54) is 10.2 Å². The summed E-state index contributed by atoms with van der Waals surface area (Å²) in [6.45, 7) is 8.29. The molecule has 3 aromatic rings. The Bertz CT molecular complexity index is 1100. The van der Waals surface area contributed by atoms with Gasteiger partial charge in [0.1, 0.15) is 5.69 Å². The number of rotatable bonds is 5. The molecule has 3 rings (SSSR count). The molecule has 0 fully saturated rings. The van der Waals surface area contributed by atoms with Crippen LogP contribution in [-0.2, 0) is 16.7 Å². The fourth-order valence-corrected chi connectivity index (χ4v) is 3.13. The van der Waals surface area contributed by atoms with Crippen molar-refractivity contribution in [2.24, 2.45) is 0 Å². The minimum absolute atomic E-state index is 0.0176. The first-order valence-electron chi connectivity index (χ1n) is 9.88. The summed E-state index contributed by atoms with van der Waals surface area (Å²) in [5.74, 6) is -1.33. The highest BCUT2D eigenvalue weighted by molar-refractivity contribution is 5.94. The third-order valence-corrected chi connectivity index (χ3v) is 4.81. The zero-order valence-corrected chi connectivity index (χ0v) is 17.7. The van der Waals surface area contributed by atoms with Crippen LogP contribution in [0.4, 0.5) is 0 Å². The zero-order chi connectivity index (χ0) is 21.9. The van der Waals surface area contributed by atoms with Crippen LogP contribution in [0.3, 0.4) is 0 Å². The van der Waals surface area contributed by atoms with Crippen molar-refractivity contribution in [2.75, 3.05) is 6.61 Å². The monoisotopic (exact) mass is 406 g/mol. The molecule has 0 saturated carbocycles. The van der Waals surface area contributed by atoms with Crippen LogP contribution in [0.5, 0.6) is 5.75 Å². The van der Waals surface area contributed by atoms with E-state index in [0.717, 1.165) is 5.56 Å². The van der Waals surface area contributed by atoms with E-state index in [-0.39, 0.29) is 24.3 Å². The molecule has 0 atom stereocenters. The second kappa shape index (κ2) is 8.53. The van der Waals surface area contributed by atoms with Gasteiger partial charge in [-0.1, -0.05) is 75.4 Å². The third kappa shape index (κ3) is 4.43. The molecule has 0 saturated heterocycles. The van der Waals surface area contributed by atoms with Gasteiger partial charge in [0.05, 0.1) is 13.2 Å². The Labute approximate surface area is 175 Å². The van der Waals surface area contributed by atoms with E-state index in [9.17, 15) is 14.7 Å². The Morgan fingerprint density at radius 3 is 2.27 bits per heavy atom. The van der Waals surface area contributed by atoms with Gasteiger partial charge in [-0.2, -0.15) is 5.10 Å². The minimum atomic E-state index is -0.864. The maximum Gasteiger partial charge on any atom is 0.347 e. The van der Waals surface area contributed by atoms with Gasteiger partial charge in [-0.3, -0.25) is 4.79 Å². The van der Waals surface area contributed by atoms with Gasteiger partial charge in [0.25, 0.3) is 5.56 Å². The number of benzene rings is 2. The van der Waals surface area contributed by atoms with Gasteiger partial charge in [0.2, 0.25) is 0 Å². The lowest BCUT2D eigenvalue weighted by molar-refractivity contribution is 0.0519. The summed E-state index contributed by atoms with van der Waals surface area (Å²) in [5, 5.41) is 15.0. The van der Waals surface area contributed by atoms with Gasteiger partial charge >= 0.3 is 5.97 Å². The van der Waals surface area contributed by atoms with Gasteiger partial charge in [-0.15, -0.1) is 0 Å². The molecule has 0 bridgehead atoms. The lowest BCUT2D eigenvalue weighted by Crippen LogP contribution is -2.30. The van der Waals surface area contributed by atoms with Crippen molar-refractivity contribution in [2.45, 2.75) is 39.7 Å². The lowest BCUT2D eigenvalue weighted by atomic mass is 9.87. The first kappa shape index (κ1) is 21.3. The molecule has 0 unspecified atom stereocenters. The first-order chi connectivity index (χ1) is 14.2. The van der Waals surface area contributed by atoms with Crippen molar-refractivity contribution in [1.29, 1.82) is 0 Å². The van der Waals surface area contributed by atoms with Crippen molar-refractivity contribution in [3.8, 4) is 17.0 Å². The van der Waals surface area contributed by atoms with Gasteiger partial charge in [0, 0.05) is 5.56 Å². The predicted molar refractivity (Wildman–Crippen MR) is 116 cm³/mol. The van der Waals surface area contributed by atoms with Crippen LogP contribution in [0.25, 0.3) is 11.3 Å². The third-order valence-electron chi connectivity index (χ3n) is 4.81. The molecule has 1 aromatic heterocycles. The number of aromatic nitrogens is 2. The Balaban J connectivity index is 2.10. The standard InChI is InChI=1S/C24H26N2O4/c1-5-30-23(29)19-21(27)20(17-9-7-6-8-10-17)25-26(22(19)28)15-16-11-13-18(14-12-16)24(2,3)4/h6-14,27H,5,15H2,1-4H3. The maximum atomic E-state index is 13.0. The number of carbonyl (C=O) groups is 1. The fourth-order valence-electron chi connectivity index (χ4n) is 3.13. The molecular formula is C24H26N2O4. The van der Waals surface area contributed by atoms with Gasteiger partial charge in [-0.25, -0.2) is 9.48 Å². The molecule has 0 aliphatic rings. The van der Waals surface area contributed by atoms with Crippen molar-refractivity contribution < 1.29 is 14.6 Å². The van der Waals surface area contributed by atoms with Crippen molar-refractivity contribution in [1.82, 2.24) is 9.78 Å². The van der Waals surface area contributed by atoms with E-state index in [2.05, 4.69) is 25.9 Å². The number of esters is 1. The molecule has 0 aliphatic heterocycles. The van der Waals surface area contributed by atoms with Crippen LogP contribution >= 0.6 is 0 Å². The number of hydrogen-bond donors (Lipinski definition) is 1. The predicted octanol–water partition coefficient (Wildman–Crippen LogP) is 4.14. The van der Waals surface area contributed by atoms with Gasteiger partial charge < -0.3 is 9.84 Å². The molecule has 1 N–H and O–H groups in total. The van der Waals surface area contributed by atoms with Crippen LogP contribution < -0.4 is 5.56 Å². The number of nitrogens with zero attached hydrogens (tertiary/aromatic N) is 2. The Morgan fingerprint density at radius 1 is 1.07 bits per heavy atom. The Morgan fingerprint density at radius 2 is 1.70 bits per heavy atom. The fraction of sp³-hybridized carbons (Fsp3) is 0.292. The SMILES string of the molecule is CCOC(=O)c1c(O)c(-c2ccccc2)nn(Cc2ccc(C(C)(C)C)cc2)c1=O. The smallest absolute Gasteiger partial charge is 0.347 e. The van der Waals surface area contributed by atoms with E-state index in [0.29, 0.717) is 5.56 Å². The molecule has 6 heteroatoms. The Kier molecular flexibility index (Phi) is 6.06. The normalized spacial score (nSPS) is 11.3. The quantitative estimate of drug-likeness (QED) is 0.644. The summed E-state index contributed by atoms with van der Waals surface area (Å²) >= 11 is 0. The van der Waals surface area contributed by atoms with Crippen molar-refractivity contribution in [3.63, 3.8) is 0 Å². The van der Waals surface area contributed by atoms with Crippen molar-refractivity contribution >= 4 is 5.97 Å². The topological polar surface area (TPSA) is 81.4 Å². The van der Waals surface area contributed by atoms with Crippen LogP contribution in [-0.4, -0.2) is 27.5 Å². The summed E-state index contributed by atoms with van der Waals surface area (Å²) in [6.07, 6.45) is 0. The van der Waals surface area contributed by atoms with Crippen LogP contribution in [0.2, 0.25) is 0 Å². The summed E-state index contributed by atoms with van der Waals surface area (Å²) in [6, 6.07) is 16.8. The average molecular weight is 406 g/mol. The molecular weight excluding hydrogens is 380 g/mol. The molecule has 0 spiro atoms. The van der Waals surface area contributed by atoms with Crippen LogP contribution in [0.1, 0.15) is 49.2 Å². The number of carbonyl (C=O) groups excluding carboxylic acids is 1. The molecule has 0 aliphatic carbocycles. The maximum absolute atomic E-state index is 13.0. The lowest BCUT2D eigenvalue weighted by Gasteiger charge is -2.19. The molecule has 6 nitrogen and oxygen atoms in total. The molecule has 1 heterocycles. The van der Waals surface area contributed by atoms with Crippen molar-refractivity contribution in [3.05, 3.63) is 81.6 Å².